The molecule has 2 aliphatic rings. The lowest BCUT2D eigenvalue weighted by Crippen LogP contribution is -2.59. The Labute approximate surface area is 337 Å². The van der Waals surface area contributed by atoms with Gasteiger partial charge in [0.25, 0.3) is 0 Å². The number of carboxylic acid groups (broad SMARTS) is 1. The van der Waals surface area contributed by atoms with Gasteiger partial charge in [0.05, 0.1) is 25.2 Å². The van der Waals surface area contributed by atoms with Crippen LogP contribution < -0.4 is 21.3 Å². The fourth-order valence-corrected chi connectivity index (χ4v) is 8.84. The maximum absolute atomic E-state index is 14.4. The lowest BCUT2D eigenvalue weighted by molar-refractivity contribution is -0.172. The van der Waals surface area contributed by atoms with Crippen LogP contribution in [0.5, 0.6) is 0 Å². The molecule has 0 spiro atoms. The third-order valence-electron chi connectivity index (χ3n) is 13.1. The van der Waals surface area contributed by atoms with Gasteiger partial charge in [-0.3, -0.25) is 14.4 Å². The van der Waals surface area contributed by atoms with E-state index in [2.05, 4.69) is 47.0 Å². The number of rotatable bonds is 19. The molecule has 3 aromatic rings. The van der Waals surface area contributed by atoms with Gasteiger partial charge in [-0.2, -0.15) is 0 Å². The number of carbonyl (C=O) groups excluding carboxylic acids is 3. The summed E-state index contributed by atoms with van der Waals surface area (Å²) in [5.41, 5.74) is -2.24. The summed E-state index contributed by atoms with van der Waals surface area (Å²) in [6.45, 7) is 6.81. The summed E-state index contributed by atoms with van der Waals surface area (Å²) < 4.78 is 6.10. The highest BCUT2D eigenvalue weighted by Gasteiger charge is 2.63. The Morgan fingerprint density at radius 3 is 2.29 bits per heavy atom. The van der Waals surface area contributed by atoms with Crippen molar-refractivity contribution in [1.82, 2.24) is 26.3 Å². The molecule has 2 aliphatic carbocycles. The minimum Gasteiger partial charge on any atom is -0.481 e. The highest BCUT2D eigenvalue weighted by Crippen LogP contribution is 2.66. The standard InChI is InChI=1S/C42H59N5O11/c1-39(2)27-16-17-40(39,3)32(18-27)58-38(56)47-41(4,19-25-20-44-29-9-7-6-8-28(25)29)37(55)45-21-30(46-33(50)14-15-34(51)52)24-10-12-26(13-11-24)42(57,23-48)36(54)35(53)31(49)22-43-5/h6-13,20,27,30-32,35-36,43-44,48-49,53-54,57H,14-19,21-23H2,1-5H3,(H,45,55)(H,46,50)(H,47,56)(H,51,52). The van der Waals surface area contributed by atoms with Gasteiger partial charge in [-0.25, -0.2) is 4.79 Å². The van der Waals surface area contributed by atoms with Crippen LogP contribution >= 0.6 is 0 Å². The topological polar surface area (TPSA) is 263 Å². The van der Waals surface area contributed by atoms with E-state index in [1.54, 1.807) is 13.1 Å². The van der Waals surface area contributed by atoms with Crippen molar-refractivity contribution in [2.45, 2.75) is 108 Å². The number of H-pyrrole nitrogens is 1. The number of para-hydroxylation sites is 1. The number of benzene rings is 2. The molecule has 2 fully saturated rings. The number of nitrogens with one attached hydrogen (secondary N) is 5. The number of aromatic nitrogens is 1. The number of likely N-dealkylation sites (N-methyl/N-ethyl adjacent to an activating group) is 1. The summed E-state index contributed by atoms with van der Waals surface area (Å²) in [7, 11) is 1.52. The van der Waals surface area contributed by atoms with Gasteiger partial charge in [0.1, 0.15) is 29.5 Å². The van der Waals surface area contributed by atoms with Crippen LogP contribution in [0.15, 0.2) is 54.7 Å². The van der Waals surface area contributed by atoms with Gasteiger partial charge in [0.15, 0.2) is 0 Å². The maximum atomic E-state index is 14.4. The van der Waals surface area contributed by atoms with Crippen LogP contribution in [0.4, 0.5) is 4.79 Å². The molecule has 2 saturated carbocycles. The minimum atomic E-state index is -2.41. The van der Waals surface area contributed by atoms with Crippen LogP contribution in [0.25, 0.3) is 10.9 Å². The highest BCUT2D eigenvalue weighted by molar-refractivity contribution is 5.91. The minimum absolute atomic E-state index is 0.0164. The molecule has 0 aliphatic heterocycles. The number of hydrogen-bond acceptors (Lipinski definition) is 11. The number of aromatic amines is 1. The number of aliphatic hydroxyl groups is 5. The van der Waals surface area contributed by atoms with Crippen molar-refractivity contribution < 1.29 is 54.6 Å². The molecule has 0 radical (unpaired) electrons. The van der Waals surface area contributed by atoms with Crippen molar-refractivity contribution in [2.24, 2.45) is 16.7 Å². The van der Waals surface area contributed by atoms with Gasteiger partial charge in [0, 0.05) is 48.4 Å². The Hall–Kier alpha value is -4.58. The van der Waals surface area contributed by atoms with Crippen LogP contribution in [0.2, 0.25) is 0 Å². The Morgan fingerprint density at radius 2 is 1.69 bits per heavy atom. The zero-order chi connectivity index (χ0) is 42.6. The first-order valence-electron chi connectivity index (χ1n) is 19.8. The number of fused-ring (bicyclic) bond motifs is 3. The lowest BCUT2D eigenvalue weighted by Gasteiger charge is -2.39. The van der Waals surface area contributed by atoms with E-state index in [1.165, 1.54) is 31.3 Å². The first kappa shape index (κ1) is 44.5. The Morgan fingerprint density at radius 1 is 1.00 bits per heavy atom. The predicted octanol–water partition coefficient (Wildman–Crippen LogP) is 1.73. The van der Waals surface area contributed by atoms with Crippen molar-refractivity contribution in [2.75, 3.05) is 26.7 Å². The summed E-state index contributed by atoms with van der Waals surface area (Å²) in [6.07, 6.45) is -2.62. The Bertz CT molecular complexity index is 1940. The van der Waals surface area contributed by atoms with Crippen molar-refractivity contribution in [3.8, 4) is 0 Å². The van der Waals surface area contributed by atoms with Gasteiger partial charge < -0.3 is 61.6 Å². The molecule has 2 aromatic carbocycles. The fraction of sp³-hybridized carbons (Fsp3) is 0.571. The molecule has 9 unspecified atom stereocenters. The molecule has 11 N–H and O–H groups in total. The number of aliphatic hydroxyl groups excluding tert-OH is 4. The third-order valence-corrected chi connectivity index (χ3v) is 13.1. The third kappa shape index (κ3) is 9.01. The van der Waals surface area contributed by atoms with Gasteiger partial charge in [-0.05, 0) is 67.3 Å². The monoisotopic (exact) mass is 809 g/mol. The van der Waals surface area contributed by atoms with Gasteiger partial charge in [-0.1, -0.05) is 63.2 Å². The molecule has 3 amide bonds. The average molecular weight is 810 g/mol. The first-order chi connectivity index (χ1) is 27.3. The second-order valence-corrected chi connectivity index (χ2v) is 17.0. The van der Waals surface area contributed by atoms with E-state index in [0.717, 1.165) is 35.7 Å². The largest absolute Gasteiger partial charge is 0.481 e. The summed E-state index contributed by atoms with van der Waals surface area (Å²) in [4.78, 5) is 55.5. The van der Waals surface area contributed by atoms with Crippen LogP contribution in [0, 0.1) is 16.7 Å². The fourth-order valence-electron chi connectivity index (χ4n) is 8.84. The summed E-state index contributed by atoms with van der Waals surface area (Å²) in [6, 6.07) is 12.2. The van der Waals surface area contributed by atoms with Crippen molar-refractivity contribution in [3.63, 3.8) is 0 Å². The zero-order valence-corrected chi connectivity index (χ0v) is 33.7. The average Bonchev–Trinajstić information content (AvgIpc) is 3.76. The van der Waals surface area contributed by atoms with E-state index >= 15 is 0 Å². The van der Waals surface area contributed by atoms with Crippen LogP contribution in [-0.2, 0) is 31.1 Å². The molecule has 5 rings (SSSR count). The Balaban J connectivity index is 1.39. The van der Waals surface area contributed by atoms with Gasteiger partial charge >= 0.3 is 12.1 Å². The molecule has 16 nitrogen and oxygen atoms in total. The maximum Gasteiger partial charge on any atom is 0.408 e. The molecule has 318 valence electrons. The van der Waals surface area contributed by atoms with E-state index in [9.17, 15) is 49.8 Å². The molecule has 2 bridgehead atoms. The number of carboxylic acids is 1. The SMILES string of the molecule is CNCC(O)C(O)C(O)C(O)(CO)c1ccc(C(CNC(=O)C(C)(Cc2c[nH]c3ccccc23)NC(=O)OC2CC3CCC2(C)C3(C)C)NC(=O)CCC(=O)O)cc1. The second kappa shape index (κ2) is 17.7. The summed E-state index contributed by atoms with van der Waals surface area (Å²) >= 11 is 0. The van der Waals surface area contributed by atoms with E-state index in [4.69, 9.17) is 4.74 Å². The number of alkyl carbamates (subject to hydrolysis) is 1. The van der Waals surface area contributed by atoms with E-state index in [0.29, 0.717) is 11.5 Å². The number of ether oxygens (including phenoxy) is 1. The van der Waals surface area contributed by atoms with E-state index in [1.807, 2.05) is 24.3 Å². The molecule has 9 atom stereocenters. The number of carbonyl (C=O) groups is 4. The highest BCUT2D eigenvalue weighted by atomic mass is 16.6. The smallest absolute Gasteiger partial charge is 0.408 e. The van der Waals surface area contributed by atoms with Crippen LogP contribution in [0.3, 0.4) is 0 Å². The quantitative estimate of drug-likeness (QED) is 0.0828. The second-order valence-electron chi connectivity index (χ2n) is 17.0. The number of hydrogen-bond donors (Lipinski definition) is 11. The summed E-state index contributed by atoms with van der Waals surface area (Å²) in [5.74, 6) is -1.98. The first-order valence-corrected chi connectivity index (χ1v) is 19.8. The molecule has 1 heterocycles. The van der Waals surface area contributed by atoms with E-state index < -0.39 is 72.4 Å². The van der Waals surface area contributed by atoms with E-state index in [-0.39, 0.29) is 48.4 Å². The predicted molar refractivity (Wildman–Crippen MR) is 213 cm³/mol. The molecule has 16 heteroatoms. The number of amides is 3. The molecule has 1 aromatic heterocycles. The van der Waals surface area contributed by atoms with Crippen molar-refractivity contribution in [3.05, 3.63) is 71.4 Å². The normalized spacial score (nSPS) is 23.8. The molecule has 0 saturated heterocycles. The summed E-state index contributed by atoms with van der Waals surface area (Å²) in [5, 5.41) is 74.1. The molecular weight excluding hydrogens is 750 g/mol. The van der Waals surface area contributed by atoms with Crippen molar-refractivity contribution in [1.29, 1.82) is 0 Å². The Kier molecular flexibility index (Phi) is 13.6. The lowest BCUT2D eigenvalue weighted by atomic mass is 9.70. The van der Waals surface area contributed by atoms with Crippen molar-refractivity contribution >= 4 is 34.8 Å². The van der Waals surface area contributed by atoms with Gasteiger partial charge in [-0.15, -0.1) is 0 Å². The zero-order valence-electron chi connectivity index (χ0n) is 33.7. The van der Waals surface area contributed by atoms with Crippen LogP contribution in [-0.4, -0.2) is 116 Å². The number of aliphatic carboxylic acids is 1. The molecule has 58 heavy (non-hydrogen) atoms. The van der Waals surface area contributed by atoms with Crippen LogP contribution in [0.1, 0.15) is 82.5 Å². The molecular formula is C42H59N5O11. The van der Waals surface area contributed by atoms with Gasteiger partial charge in [0.2, 0.25) is 11.8 Å².